The van der Waals surface area contributed by atoms with E-state index in [0.717, 1.165) is 11.1 Å². The molecule has 2 nitrogen and oxygen atoms in total. The normalized spacial score (nSPS) is 18.8. The Morgan fingerprint density at radius 1 is 0.722 bits per heavy atom. The van der Waals surface area contributed by atoms with Gasteiger partial charge < -0.3 is 0 Å². The van der Waals surface area contributed by atoms with Gasteiger partial charge >= 0.3 is 232 Å². The van der Waals surface area contributed by atoms with E-state index in [1.807, 2.05) is 12.2 Å². The van der Waals surface area contributed by atoms with E-state index in [1.54, 1.807) is 0 Å². The molecular weight excluding hydrogens is 574 g/mol. The topological polar surface area (TPSA) is 40.1 Å². The van der Waals surface area contributed by atoms with Gasteiger partial charge in [-0.15, -0.1) is 0 Å². The molecule has 3 rings (SSSR count). The van der Waals surface area contributed by atoms with E-state index in [-0.39, 0.29) is 62.7 Å². The summed E-state index contributed by atoms with van der Waals surface area (Å²) in [5.41, 5.74) is 2.76. The second kappa shape index (κ2) is 9.70. The van der Waals surface area contributed by atoms with E-state index in [1.165, 1.54) is 17.8 Å². The number of hydrogen-bond acceptors (Lipinski definition) is 2. The van der Waals surface area contributed by atoms with E-state index >= 15 is 0 Å². The predicted molar refractivity (Wildman–Crippen MR) is 154 cm³/mol. The fourth-order valence-electron chi connectivity index (χ4n) is 3.72. The first-order valence-corrected chi connectivity index (χ1v) is 16.1. The molecule has 1 aromatic rings. The number of rotatable bonds is 2. The van der Waals surface area contributed by atoms with Crippen LogP contribution in [0.25, 0.3) is 6.08 Å². The van der Waals surface area contributed by atoms with Gasteiger partial charge in [0.05, 0.1) is 0 Å². The van der Waals surface area contributed by atoms with Gasteiger partial charge in [0.1, 0.15) is 0 Å². The minimum absolute atomic E-state index is 0.0561. The summed E-state index contributed by atoms with van der Waals surface area (Å²) < 4.78 is 5.57. The zero-order valence-corrected chi connectivity index (χ0v) is 27.5. The average Bonchev–Trinajstić information content (AvgIpc) is 2.72. The second-order valence-electron chi connectivity index (χ2n) is 14.0. The molecule has 2 heterocycles. The Morgan fingerprint density at radius 3 is 1.53 bits per heavy atom. The third-order valence-corrected chi connectivity index (χ3v) is 14.2. The molecule has 0 amide bonds. The van der Waals surface area contributed by atoms with Crippen molar-refractivity contribution >= 4 is 41.3 Å². The van der Waals surface area contributed by atoms with Gasteiger partial charge in [0.25, 0.3) is 0 Å². The number of Topliss-reactive ketones (excluding diaryl/α,β-unsaturated/α-hetero) is 1. The summed E-state index contributed by atoms with van der Waals surface area (Å²) in [6, 6.07) is 4.39. The zero-order valence-electron chi connectivity index (χ0n) is 24.1. The quantitative estimate of drug-likeness (QED) is 0.274. The Kier molecular flexibility index (Phi) is 7.85. The third-order valence-electron chi connectivity index (χ3n) is 6.19. The molecule has 2 aliphatic rings. The molecule has 0 spiro atoms. The summed E-state index contributed by atoms with van der Waals surface area (Å²) in [4.78, 5) is 13.2. The number of carbonyl (C=O) groups is 1. The molecule has 0 aromatic carbocycles. The summed E-state index contributed by atoms with van der Waals surface area (Å²) in [5.74, 6) is -0.278. The summed E-state index contributed by atoms with van der Waals surface area (Å²) in [6.07, 6.45) is 8.02. The van der Waals surface area contributed by atoms with Crippen molar-refractivity contribution in [1.82, 2.24) is 0 Å². The maximum absolute atomic E-state index is 13.2. The van der Waals surface area contributed by atoms with Gasteiger partial charge in [-0.2, -0.15) is 0 Å². The Bertz CT molecular complexity index is 1170. The van der Waals surface area contributed by atoms with E-state index in [9.17, 15) is 9.90 Å². The summed E-state index contributed by atoms with van der Waals surface area (Å²) in [7, 11) is 0. The monoisotopic (exact) mass is 618 g/mol. The average molecular weight is 617 g/mol. The molecule has 1 aliphatic carbocycles. The van der Waals surface area contributed by atoms with E-state index < -0.39 is 0 Å². The van der Waals surface area contributed by atoms with E-state index in [4.69, 9.17) is 0 Å². The van der Waals surface area contributed by atoms with Crippen LogP contribution in [-0.2, 0) is 15.6 Å². The van der Waals surface area contributed by atoms with Crippen molar-refractivity contribution < 1.29 is 9.90 Å². The molecule has 1 aliphatic heterocycles. The number of carbonyl (C=O) groups excluding carboxylic acids is 1. The molecule has 0 N–H and O–H groups in total. The van der Waals surface area contributed by atoms with Crippen molar-refractivity contribution in [2.24, 2.45) is 10.8 Å². The number of ketones is 1. The van der Waals surface area contributed by atoms with Crippen LogP contribution in [0.5, 0.6) is 0 Å². The third kappa shape index (κ3) is 6.51. The standard InChI is InChI=1S/C32H42O2Se2/c1-29(2,3)23-15-19(16-24(35-23)30(4,5)6)13-21-27(33)22(28(21)34)14-20-17-25(31(7,8)9)36-26(18-20)32(10,11)12/h13-18H,1-12H3. The van der Waals surface area contributed by atoms with Crippen molar-refractivity contribution in [2.75, 3.05) is 0 Å². The molecule has 194 valence electrons. The van der Waals surface area contributed by atoms with Crippen molar-refractivity contribution in [1.29, 1.82) is 0 Å². The first-order valence-electron chi connectivity index (χ1n) is 12.7. The van der Waals surface area contributed by atoms with Gasteiger partial charge in [-0.1, -0.05) is 0 Å². The molecule has 36 heavy (non-hydrogen) atoms. The van der Waals surface area contributed by atoms with Crippen molar-refractivity contribution in [3.05, 3.63) is 76.2 Å². The van der Waals surface area contributed by atoms with Gasteiger partial charge in [0.2, 0.25) is 0 Å². The van der Waals surface area contributed by atoms with Crippen LogP contribution in [0.3, 0.4) is 0 Å². The van der Waals surface area contributed by atoms with Crippen LogP contribution in [0.4, 0.5) is 0 Å². The Balaban J connectivity index is 2.07. The van der Waals surface area contributed by atoms with Crippen LogP contribution >= 0.6 is 0 Å². The van der Waals surface area contributed by atoms with Crippen LogP contribution in [0.1, 0.15) is 97.5 Å². The van der Waals surface area contributed by atoms with Gasteiger partial charge in [0.15, 0.2) is 0 Å². The molecule has 4 heteroatoms. The van der Waals surface area contributed by atoms with Crippen LogP contribution in [0.2, 0.25) is 0 Å². The molecule has 0 fully saturated rings. The second-order valence-corrected chi connectivity index (χ2v) is 18.6. The van der Waals surface area contributed by atoms with Crippen LogP contribution in [0, 0.1) is 10.8 Å². The SMILES string of the molecule is CC(C)(C)C1=CC(=CC2=C([O-])C(=Cc3cc(C(C)(C)C)[se+]c(C(C)(C)C)c3)C2=O)C=C(C(C)(C)C)[Se]1. The minimum atomic E-state index is -0.139. The summed E-state index contributed by atoms with van der Waals surface area (Å²) in [6.45, 7) is 26.8. The van der Waals surface area contributed by atoms with Gasteiger partial charge in [-0.3, -0.25) is 0 Å². The predicted octanol–water partition coefficient (Wildman–Crippen LogP) is 6.70. The maximum atomic E-state index is 13.2. The summed E-state index contributed by atoms with van der Waals surface area (Å²) in [5, 5.41) is 13.2. The number of allylic oxidation sites excluding steroid dienone is 8. The van der Waals surface area contributed by atoms with Crippen LogP contribution < -0.4 is 5.11 Å². The fraction of sp³-hybridized carbons (Fsp3) is 0.500. The first-order chi connectivity index (χ1) is 16.2. The van der Waals surface area contributed by atoms with Gasteiger partial charge in [0, 0.05) is 0 Å². The molecule has 0 bridgehead atoms. The molecule has 0 saturated heterocycles. The Morgan fingerprint density at radius 2 is 1.17 bits per heavy atom. The van der Waals surface area contributed by atoms with Gasteiger partial charge in [-0.05, 0) is 0 Å². The fourth-order valence-corrected chi connectivity index (χ4v) is 8.92. The van der Waals surface area contributed by atoms with Crippen molar-refractivity contribution in [2.45, 2.75) is 93.9 Å². The molecule has 0 saturated carbocycles. The Hall–Kier alpha value is -1.44. The van der Waals surface area contributed by atoms with E-state index in [2.05, 4.69) is 107 Å². The van der Waals surface area contributed by atoms with E-state index in [0.29, 0.717) is 11.1 Å². The molecule has 0 radical (unpaired) electrons. The molecular formula is C32H42O2Se2. The number of hydrogen-bond donors (Lipinski definition) is 0. The molecule has 1 aromatic heterocycles. The molecule has 0 unspecified atom stereocenters. The zero-order chi connectivity index (χ0) is 27.4. The summed E-state index contributed by atoms with van der Waals surface area (Å²) >= 11 is 0.537. The first kappa shape index (κ1) is 29.1. The van der Waals surface area contributed by atoms with Crippen LogP contribution in [-0.4, -0.2) is 35.2 Å². The van der Waals surface area contributed by atoms with Crippen molar-refractivity contribution in [3.63, 3.8) is 0 Å². The van der Waals surface area contributed by atoms with Crippen molar-refractivity contribution in [3.8, 4) is 0 Å². The van der Waals surface area contributed by atoms with Gasteiger partial charge in [-0.25, -0.2) is 0 Å². The molecule has 0 atom stereocenters. The Labute approximate surface area is 231 Å². The van der Waals surface area contributed by atoms with Crippen LogP contribution in [0.15, 0.2) is 61.8 Å².